The summed E-state index contributed by atoms with van der Waals surface area (Å²) >= 11 is 0. The maximum atomic E-state index is 3.89. The van der Waals surface area contributed by atoms with E-state index < -0.39 is 16.5 Å². The van der Waals surface area contributed by atoms with Crippen molar-refractivity contribution in [2.24, 2.45) is 0 Å². The molecular weight excluding hydrogens is 228 g/mol. The largest absolute Gasteiger partial charge is 0.335 e. The maximum Gasteiger partial charge on any atom is 0.116 e. The van der Waals surface area contributed by atoms with Gasteiger partial charge in [-0.05, 0) is 19.3 Å². The smallest absolute Gasteiger partial charge is 0.116 e. The van der Waals surface area contributed by atoms with Crippen LogP contribution in [-0.2, 0) is 0 Å². The highest BCUT2D eigenvalue weighted by Gasteiger charge is 2.28. The van der Waals surface area contributed by atoms with Crippen LogP contribution < -0.4 is 9.96 Å². The second kappa shape index (κ2) is 5.33. The third-order valence-electron chi connectivity index (χ3n) is 2.95. The zero-order chi connectivity index (χ0) is 12.4. The van der Waals surface area contributed by atoms with Gasteiger partial charge in [0.15, 0.2) is 0 Å². The Hall–Kier alpha value is 0.354. The molecule has 0 amide bonds. The minimum Gasteiger partial charge on any atom is -0.335 e. The molecule has 0 bridgehead atoms. The molecule has 1 rings (SSSR count). The fourth-order valence-corrected chi connectivity index (χ4v) is 5.65. The summed E-state index contributed by atoms with van der Waals surface area (Å²) < 4.78 is 0. The third kappa shape index (κ3) is 6.18. The summed E-state index contributed by atoms with van der Waals surface area (Å²) in [5.74, 6) is 0. The van der Waals surface area contributed by atoms with E-state index in [-0.39, 0.29) is 0 Å². The molecule has 4 heteroatoms. The van der Waals surface area contributed by atoms with E-state index in [1.807, 2.05) is 0 Å². The van der Waals surface area contributed by atoms with E-state index in [1.54, 1.807) is 0 Å². The van der Waals surface area contributed by atoms with Crippen LogP contribution in [0.2, 0.25) is 39.3 Å². The SMILES string of the molecule is C[Si](C)(C)NC1CCCC(N[Si](C)(C)C)C1. The fraction of sp³-hybridized carbons (Fsp3) is 1.00. The molecule has 16 heavy (non-hydrogen) atoms. The van der Waals surface area contributed by atoms with Crippen LogP contribution in [0.4, 0.5) is 0 Å². The van der Waals surface area contributed by atoms with Crippen LogP contribution in [0, 0.1) is 0 Å². The van der Waals surface area contributed by atoms with Gasteiger partial charge in [-0.25, -0.2) is 0 Å². The van der Waals surface area contributed by atoms with E-state index >= 15 is 0 Å². The van der Waals surface area contributed by atoms with Gasteiger partial charge in [0.25, 0.3) is 0 Å². The molecule has 0 spiro atoms. The van der Waals surface area contributed by atoms with Crippen LogP contribution in [-0.4, -0.2) is 28.6 Å². The minimum absolute atomic E-state index is 0.772. The van der Waals surface area contributed by atoms with E-state index in [0.29, 0.717) is 0 Å². The average Bonchev–Trinajstić information content (AvgIpc) is 1.96. The Morgan fingerprint density at radius 3 is 1.44 bits per heavy atom. The molecule has 1 aliphatic rings. The van der Waals surface area contributed by atoms with Crippen LogP contribution in [0.15, 0.2) is 0 Å². The molecule has 0 aromatic rings. The Balaban J connectivity index is 2.41. The molecule has 0 heterocycles. The first kappa shape index (κ1) is 14.4. The van der Waals surface area contributed by atoms with E-state index in [0.717, 1.165) is 12.1 Å². The topological polar surface area (TPSA) is 24.1 Å². The van der Waals surface area contributed by atoms with Gasteiger partial charge in [-0.3, -0.25) is 0 Å². The van der Waals surface area contributed by atoms with Gasteiger partial charge >= 0.3 is 0 Å². The lowest BCUT2D eigenvalue weighted by atomic mass is 9.92. The zero-order valence-electron chi connectivity index (χ0n) is 12.0. The first-order valence-electron chi connectivity index (χ1n) is 6.71. The predicted molar refractivity (Wildman–Crippen MR) is 79.0 cm³/mol. The van der Waals surface area contributed by atoms with Crippen LogP contribution in [0.1, 0.15) is 25.7 Å². The highest BCUT2D eigenvalue weighted by Crippen LogP contribution is 2.21. The van der Waals surface area contributed by atoms with Crippen LogP contribution >= 0.6 is 0 Å². The lowest BCUT2D eigenvalue weighted by Gasteiger charge is -2.37. The minimum atomic E-state index is -1.10. The second-order valence-corrected chi connectivity index (χ2v) is 16.9. The van der Waals surface area contributed by atoms with Gasteiger partial charge in [0, 0.05) is 12.1 Å². The van der Waals surface area contributed by atoms with Gasteiger partial charge in [-0.1, -0.05) is 45.7 Å². The Labute approximate surface area is 104 Å². The highest BCUT2D eigenvalue weighted by atomic mass is 28.3. The van der Waals surface area contributed by atoms with Crippen molar-refractivity contribution in [3.63, 3.8) is 0 Å². The molecule has 0 saturated heterocycles. The summed E-state index contributed by atoms with van der Waals surface area (Å²) in [5, 5.41) is 0. The van der Waals surface area contributed by atoms with Gasteiger partial charge in [0.2, 0.25) is 0 Å². The van der Waals surface area contributed by atoms with E-state index in [9.17, 15) is 0 Å². The first-order chi connectivity index (χ1) is 7.16. The van der Waals surface area contributed by atoms with Crippen molar-refractivity contribution in [3.05, 3.63) is 0 Å². The molecule has 1 fully saturated rings. The Kier molecular flexibility index (Phi) is 4.81. The molecule has 1 aliphatic carbocycles. The van der Waals surface area contributed by atoms with Crippen molar-refractivity contribution in [2.75, 3.05) is 0 Å². The normalized spacial score (nSPS) is 28.1. The van der Waals surface area contributed by atoms with Crippen LogP contribution in [0.5, 0.6) is 0 Å². The quantitative estimate of drug-likeness (QED) is 0.757. The van der Waals surface area contributed by atoms with Crippen molar-refractivity contribution in [1.82, 2.24) is 9.96 Å². The summed E-state index contributed by atoms with van der Waals surface area (Å²) in [4.78, 5) is 7.78. The number of hydrogen-bond acceptors (Lipinski definition) is 2. The molecule has 2 nitrogen and oxygen atoms in total. The molecule has 96 valence electrons. The number of hydrogen-bond donors (Lipinski definition) is 2. The van der Waals surface area contributed by atoms with Crippen molar-refractivity contribution in [1.29, 1.82) is 0 Å². The summed E-state index contributed by atoms with van der Waals surface area (Å²) in [6.07, 6.45) is 5.50. The lowest BCUT2D eigenvalue weighted by molar-refractivity contribution is 0.352. The molecule has 1 saturated carbocycles. The van der Waals surface area contributed by atoms with Gasteiger partial charge in [-0.15, -0.1) is 0 Å². The van der Waals surface area contributed by atoms with Crippen molar-refractivity contribution in [3.8, 4) is 0 Å². The Morgan fingerprint density at radius 2 is 1.12 bits per heavy atom. The maximum absolute atomic E-state index is 3.89. The molecule has 2 atom stereocenters. The molecular formula is C12H30N2Si2. The monoisotopic (exact) mass is 258 g/mol. The summed E-state index contributed by atoms with van der Waals surface area (Å²) in [6.45, 7) is 14.4. The van der Waals surface area contributed by atoms with Crippen LogP contribution in [0.25, 0.3) is 0 Å². The highest BCUT2D eigenvalue weighted by molar-refractivity contribution is 6.74. The zero-order valence-corrected chi connectivity index (χ0v) is 14.0. The molecule has 2 unspecified atom stereocenters. The van der Waals surface area contributed by atoms with Crippen molar-refractivity contribution < 1.29 is 0 Å². The van der Waals surface area contributed by atoms with E-state index in [2.05, 4.69) is 49.2 Å². The van der Waals surface area contributed by atoms with Gasteiger partial charge in [0.05, 0.1) is 0 Å². The predicted octanol–water partition coefficient (Wildman–Crippen LogP) is 3.15. The third-order valence-corrected chi connectivity index (χ3v) is 5.50. The van der Waals surface area contributed by atoms with Gasteiger partial charge < -0.3 is 9.96 Å². The average molecular weight is 259 g/mol. The second-order valence-electron chi connectivity index (χ2n) is 7.35. The van der Waals surface area contributed by atoms with Gasteiger partial charge in [-0.2, -0.15) is 0 Å². The first-order valence-corrected chi connectivity index (χ1v) is 13.7. The molecule has 0 aliphatic heterocycles. The van der Waals surface area contributed by atoms with Crippen molar-refractivity contribution >= 4 is 16.5 Å². The number of nitrogens with one attached hydrogen (secondary N) is 2. The Bertz CT molecular complexity index is 196. The molecule has 2 N–H and O–H groups in total. The van der Waals surface area contributed by atoms with Crippen LogP contribution in [0.3, 0.4) is 0 Å². The van der Waals surface area contributed by atoms with E-state index in [1.165, 1.54) is 25.7 Å². The lowest BCUT2D eigenvalue weighted by Crippen LogP contribution is -2.55. The summed E-state index contributed by atoms with van der Waals surface area (Å²) in [5.41, 5.74) is 0. The fourth-order valence-electron chi connectivity index (χ4n) is 2.68. The van der Waals surface area contributed by atoms with E-state index in [4.69, 9.17) is 0 Å². The summed E-state index contributed by atoms with van der Waals surface area (Å²) in [7, 11) is -2.20. The standard InChI is InChI=1S/C12H30N2Si2/c1-15(2,3)13-11-8-7-9-12(10-11)14-16(4,5)6/h11-14H,7-10H2,1-6H3. The molecule has 0 aromatic carbocycles. The molecule has 0 aromatic heterocycles. The Morgan fingerprint density at radius 1 is 0.750 bits per heavy atom. The van der Waals surface area contributed by atoms with Gasteiger partial charge in [0.1, 0.15) is 16.5 Å². The number of rotatable bonds is 4. The summed E-state index contributed by atoms with van der Waals surface area (Å²) in [6, 6.07) is 1.54. The van der Waals surface area contributed by atoms with Crippen molar-refractivity contribution in [2.45, 2.75) is 77.0 Å². The molecule has 0 radical (unpaired) electrons.